The third kappa shape index (κ3) is 16.9. The van der Waals surface area contributed by atoms with Gasteiger partial charge >= 0.3 is 0 Å². The van der Waals surface area contributed by atoms with Crippen molar-refractivity contribution in [2.24, 2.45) is 0 Å². The van der Waals surface area contributed by atoms with Gasteiger partial charge in [0.1, 0.15) is 23.3 Å². The molecule has 0 aliphatic carbocycles. The maximum Gasteiger partial charge on any atom is 0.147 e. The molecule has 0 atom stereocenters. The van der Waals surface area contributed by atoms with E-state index in [2.05, 4.69) is 317 Å². The molecule has 684 valence electrons. The van der Waals surface area contributed by atoms with Crippen LogP contribution < -0.4 is 34.6 Å². The van der Waals surface area contributed by atoms with Crippen molar-refractivity contribution in [3.63, 3.8) is 0 Å². The maximum absolute atomic E-state index is 15.4. The van der Waals surface area contributed by atoms with Gasteiger partial charge in [-0.2, -0.15) is 0 Å². The molecule has 0 radical (unpaired) electrons. The predicted octanol–water partition coefficient (Wildman–Crippen LogP) is 38.2. The van der Waals surface area contributed by atoms with E-state index in [0.29, 0.717) is 23.2 Å². The van der Waals surface area contributed by atoms with Crippen LogP contribution in [-0.2, 0) is 0 Å². The lowest BCUT2D eigenvalue weighted by Crippen LogP contribution is -2.37. The molecule has 0 aromatic heterocycles. The third-order valence-electron chi connectivity index (χ3n) is 27.6. The predicted molar refractivity (Wildman–Crippen MR) is 594 cm³/mol. The minimum absolute atomic E-state index is 0.288. The highest BCUT2D eigenvalue weighted by atomic mass is 28.3. The molecule has 6 nitrogen and oxygen atoms in total. The maximum atomic E-state index is 15.4. The zero-order chi connectivity index (χ0) is 96.3. The van der Waals surface area contributed by atoms with Crippen LogP contribution in [0.1, 0.15) is 56.2 Å². The van der Waals surface area contributed by atoms with Crippen LogP contribution in [0.3, 0.4) is 0 Å². The largest absolute Gasteiger partial charge is 0.310 e. The van der Waals surface area contributed by atoms with Crippen LogP contribution in [0, 0.1) is 30.2 Å². The summed E-state index contributed by atoms with van der Waals surface area (Å²) in [6.45, 7) is 18.4. The molecular formula is C130H102F4N6Si. The molecule has 24 rings (SSSR count). The fourth-order valence-electron chi connectivity index (χ4n) is 20.6. The topological polar surface area (TPSA) is 19.4 Å². The molecule has 0 aliphatic rings. The normalized spacial score (nSPS) is 11.7. The molecular weight excluding hydrogens is 1750 g/mol. The fourth-order valence-corrected chi connectivity index (χ4v) is 21.8. The number of hydrogen-bond acceptors (Lipinski definition) is 6. The van der Waals surface area contributed by atoms with Gasteiger partial charge in [-0.15, -0.1) is 0 Å². The number of anilines is 18. The minimum atomic E-state index is -1.46. The number of para-hydroxylation sites is 6. The highest BCUT2D eigenvalue weighted by Crippen LogP contribution is 2.54. The lowest BCUT2D eigenvalue weighted by molar-refractivity contribution is 0.627. The Morgan fingerprint density at radius 3 is 0.674 bits per heavy atom. The van der Waals surface area contributed by atoms with Gasteiger partial charge in [0.2, 0.25) is 0 Å². The van der Waals surface area contributed by atoms with Crippen molar-refractivity contribution in [1.29, 1.82) is 0 Å². The van der Waals surface area contributed by atoms with Crippen LogP contribution in [0.15, 0.2) is 461 Å². The Morgan fingerprint density at radius 1 is 0.191 bits per heavy atom. The monoisotopic (exact) mass is 1850 g/mol. The van der Waals surface area contributed by atoms with Crippen molar-refractivity contribution in [3.8, 4) is 0 Å². The zero-order valence-electron chi connectivity index (χ0n) is 79.7. The summed E-state index contributed by atoms with van der Waals surface area (Å²) in [5.41, 5.74) is 20.7. The Bertz CT molecular complexity index is 8340. The lowest BCUT2D eigenvalue weighted by atomic mass is 9.91. The Hall–Kier alpha value is -16.9. The molecule has 11 heteroatoms. The molecule has 0 heterocycles. The van der Waals surface area contributed by atoms with Crippen LogP contribution in [-0.4, -0.2) is 8.07 Å². The van der Waals surface area contributed by atoms with Gasteiger partial charge in [0.15, 0.2) is 0 Å². The Kier molecular flexibility index (Phi) is 23.8. The van der Waals surface area contributed by atoms with Crippen molar-refractivity contribution in [2.75, 3.05) is 29.4 Å². The summed E-state index contributed by atoms with van der Waals surface area (Å²) >= 11 is 0. The molecule has 0 fully saturated rings. The summed E-state index contributed by atoms with van der Waals surface area (Å²) < 4.78 is 60.0. The lowest BCUT2D eigenvalue weighted by Gasteiger charge is -2.30. The van der Waals surface area contributed by atoms with Crippen LogP contribution in [0.25, 0.3) is 97.0 Å². The number of nitrogens with zero attached hydrogens (tertiary/aromatic N) is 6. The minimum Gasteiger partial charge on any atom is -0.310 e. The van der Waals surface area contributed by atoms with E-state index in [-0.39, 0.29) is 23.3 Å². The smallest absolute Gasteiger partial charge is 0.147 e. The van der Waals surface area contributed by atoms with Crippen LogP contribution >= 0.6 is 0 Å². The molecule has 0 spiro atoms. The summed E-state index contributed by atoms with van der Waals surface area (Å²) in [5.74, 6) is -0.217. The summed E-state index contributed by atoms with van der Waals surface area (Å²) in [6.07, 6.45) is 0. The molecule has 0 aliphatic heterocycles. The molecule has 141 heavy (non-hydrogen) atoms. The first-order chi connectivity index (χ1) is 68.8. The SMILES string of the molecule is Cc1ccc(N(c2ccc(C(C)C)cc2)c2ccc3ccc4c(N(c5ccc(C(C)C)cc5)c5ccc([Si](C)(C)C)cc5)ccc5ccc2c3c54)cc1.Fc1cccc(N(c2ccccc2)c2ccc3ccc4c(N(c5ccccc5)c5cccc(F)c5)ccc5ccc2c3c54)c1.Fc1ccccc1N(c1ccccc1)c1ccc2ccc3c(N(c4ccccc4)c4ccccc4F)ccc4ccc1c2c43. The number of halogens is 4. The van der Waals surface area contributed by atoms with Crippen molar-refractivity contribution >= 4 is 213 Å². The van der Waals surface area contributed by atoms with E-state index < -0.39 is 8.07 Å². The van der Waals surface area contributed by atoms with Crippen LogP contribution in [0.5, 0.6) is 0 Å². The number of rotatable bonds is 21. The van der Waals surface area contributed by atoms with Gasteiger partial charge in [-0.3, -0.25) is 0 Å². The molecule has 0 bridgehead atoms. The van der Waals surface area contributed by atoms with Gasteiger partial charge in [0.25, 0.3) is 0 Å². The van der Waals surface area contributed by atoms with Gasteiger partial charge in [-0.05, 0) is 289 Å². The summed E-state index contributed by atoms with van der Waals surface area (Å²) in [6, 6.07) is 156. The number of aryl methyl sites for hydroxylation is 1. The zero-order valence-corrected chi connectivity index (χ0v) is 80.7. The molecule has 0 saturated heterocycles. The van der Waals surface area contributed by atoms with E-state index in [4.69, 9.17) is 0 Å². The molecule has 0 N–H and O–H groups in total. The third-order valence-corrected chi connectivity index (χ3v) is 29.7. The summed E-state index contributed by atoms with van der Waals surface area (Å²) in [7, 11) is -1.46. The van der Waals surface area contributed by atoms with Gasteiger partial charge in [0.05, 0.1) is 53.6 Å². The van der Waals surface area contributed by atoms with E-state index in [1.54, 1.807) is 36.4 Å². The van der Waals surface area contributed by atoms with E-state index in [0.717, 1.165) is 133 Å². The average molecular weight is 1850 g/mol. The fraction of sp³-hybridized carbons (Fsp3) is 0.0769. The van der Waals surface area contributed by atoms with Gasteiger partial charge in [0, 0.05) is 89.2 Å². The van der Waals surface area contributed by atoms with E-state index in [1.165, 1.54) is 101 Å². The number of hydrogen-bond donors (Lipinski definition) is 0. The molecule has 24 aromatic rings. The van der Waals surface area contributed by atoms with Gasteiger partial charge in [-0.1, -0.05) is 325 Å². The Labute approximate surface area is 821 Å². The van der Waals surface area contributed by atoms with Crippen molar-refractivity contribution in [1.82, 2.24) is 0 Å². The Balaban J connectivity index is 0.000000122. The standard InChI is InChI=1S/C50H50N2Si.2C40H26F2N2/c1-33(2)36-11-21-41(22-12-36)51(40-19-9-35(5)10-20-40)47-31-17-38-16-30-46-48(32-18-39-15-29-45(47)49(38)50(39)46)52(42-23-13-37(14-24-42)34(3)4)43-25-27-44(28-26-43)53(6,7)8;41-29-9-7-15-33(25-29)43(31-11-3-1-4-12-31)37-23-19-27-18-22-36-38(24-20-28-17-21-35(37)39(27)40(28)36)44(32-13-5-2-6-14-32)34-16-8-10-30(42)26-34;41-33-15-7-9-17-37(33)43(29-11-3-1-4-12-29)35-25-21-27-20-24-32-36(26-22-28-19-23-31(35)39(27)40(28)32)44(30-13-5-2-6-14-30)38-18-10-8-16-34(38)42/h9-34H,1-8H3;2*1-26H. The second kappa shape index (κ2) is 37.6. The summed E-state index contributed by atoms with van der Waals surface area (Å²) in [5, 5.41) is 22.0. The second-order valence-electron chi connectivity index (χ2n) is 38.1. The van der Waals surface area contributed by atoms with Crippen LogP contribution in [0.4, 0.5) is 120 Å². The highest BCUT2D eigenvalue weighted by Gasteiger charge is 2.30. The van der Waals surface area contributed by atoms with E-state index in [1.807, 2.05) is 168 Å². The van der Waals surface area contributed by atoms with Gasteiger partial charge < -0.3 is 29.4 Å². The molecule has 24 aromatic carbocycles. The van der Waals surface area contributed by atoms with Crippen molar-refractivity contribution in [2.45, 2.75) is 66.1 Å². The number of benzene rings is 24. The molecule has 0 unspecified atom stereocenters. The first kappa shape index (κ1) is 89.4. The van der Waals surface area contributed by atoms with Crippen molar-refractivity contribution < 1.29 is 17.6 Å². The summed E-state index contributed by atoms with van der Waals surface area (Å²) in [4.78, 5) is 13.1. The Morgan fingerprint density at radius 2 is 0.411 bits per heavy atom. The van der Waals surface area contributed by atoms with E-state index >= 15 is 8.78 Å². The van der Waals surface area contributed by atoms with Crippen LogP contribution in [0.2, 0.25) is 19.6 Å². The highest BCUT2D eigenvalue weighted by molar-refractivity contribution is 6.88. The molecule has 0 amide bonds. The first-order valence-electron chi connectivity index (χ1n) is 48.3. The van der Waals surface area contributed by atoms with E-state index in [9.17, 15) is 8.78 Å². The van der Waals surface area contributed by atoms with Crippen molar-refractivity contribution in [3.05, 3.63) is 501 Å². The second-order valence-corrected chi connectivity index (χ2v) is 43.2. The first-order valence-corrected chi connectivity index (χ1v) is 51.8. The average Bonchev–Trinajstić information content (AvgIpc) is 0.725. The quantitative estimate of drug-likeness (QED) is 0.0403. The van der Waals surface area contributed by atoms with Gasteiger partial charge in [-0.25, -0.2) is 17.6 Å². The molecule has 0 saturated carbocycles.